The molecule has 0 heterocycles. The summed E-state index contributed by atoms with van der Waals surface area (Å²) >= 11 is 2.13. The summed E-state index contributed by atoms with van der Waals surface area (Å²) in [5.41, 5.74) is 3.07. The lowest BCUT2D eigenvalue weighted by atomic mass is 9.87. The Morgan fingerprint density at radius 1 is 1.32 bits per heavy atom. The summed E-state index contributed by atoms with van der Waals surface area (Å²) in [6.07, 6.45) is 2.53. The van der Waals surface area contributed by atoms with E-state index in [0.29, 0.717) is 6.04 Å². The maximum Gasteiger partial charge on any atom is 0.0443 e. The Bertz CT molecular complexity index is 392. The van der Waals surface area contributed by atoms with E-state index >= 15 is 0 Å². The van der Waals surface area contributed by atoms with E-state index in [0.717, 1.165) is 11.8 Å². The van der Waals surface area contributed by atoms with E-state index < -0.39 is 0 Å². The molecule has 0 bridgehead atoms. The van der Waals surface area contributed by atoms with Gasteiger partial charge in [0.05, 0.1) is 0 Å². The first kappa shape index (κ1) is 14.9. The van der Waals surface area contributed by atoms with Gasteiger partial charge in [0, 0.05) is 23.6 Å². The van der Waals surface area contributed by atoms with Crippen LogP contribution in [0.4, 0.5) is 0 Å². The Balaban J connectivity index is 2.04. The average Bonchev–Trinajstić information content (AvgIpc) is 2.41. The second kappa shape index (κ2) is 7.32. The zero-order valence-electron chi connectivity index (χ0n) is 12.4. The van der Waals surface area contributed by atoms with E-state index in [4.69, 9.17) is 0 Å². The Kier molecular flexibility index (Phi) is 5.74. The number of benzene rings is 1. The second-order valence-electron chi connectivity index (χ2n) is 5.49. The van der Waals surface area contributed by atoms with E-state index in [1.54, 1.807) is 0 Å². The highest BCUT2D eigenvalue weighted by Crippen LogP contribution is 2.36. The van der Waals surface area contributed by atoms with E-state index in [1.807, 2.05) is 0 Å². The molecular formula is C16H26N2S. The Labute approximate surface area is 122 Å². The molecule has 0 saturated carbocycles. The van der Waals surface area contributed by atoms with Crippen LogP contribution in [-0.2, 0) is 6.42 Å². The van der Waals surface area contributed by atoms with Crippen LogP contribution in [0.1, 0.15) is 30.5 Å². The van der Waals surface area contributed by atoms with Crippen molar-refractivity contribution < 1.29 is 0 Å². The molecule has 106 valence electrons. The molecule has 19 heavy (non-hydrogen) atoms. The molecule has 0 amide bonds. The predicted octanol–water partition coefficient (Wildman–Crippen LogP) is 2.95. The van der Waals surface area contributed by atoms with Crippen molar-refractivity contribution in [3.05, 3.63) is 35.4 Å². The summed E-state index contributed by atoms with van der Waals surface area (Å²) in [7, 11) is 4.30. The Hall–Kier alpha value is -0.510. The fourth-order valence-electron chi connectivity index (χ4n) is 2.76. The molecule has 0 radical (unpaired) electrons. The smallest absolute Gasteiger partial charge is 0.0443 e. The molecule has 3 heteroatoms. The van der Waals surface area contributed by atoms with Crippen LogP contribution in [0.3, 0.4) is 0 Å². The summed E-state index contributed by atoms with van der Waals surface area (Å²) in [6, 6.07) is 9.47. The average molecular weight is 278 g/mol. The molecule has 0 aliphatic heterocycles. The van der Waals surface area contributed by atoms with Crippen LogP contribution >= 0.6 is 11.8 Å². The normalized spacial score (nSPS) is 22.5. The summed E-state index contributed by atoms with van der Waals surface area (Å²) in [6.45, 7) is 4.42. The van der Waals surface area contributed by atoms with Gasteiger partial charge in [-0.15, -0.1) is 0 Å². The maximum absolute atomic E-state index is 3.69. The van der Waals surface area contributed by atoms with Crippen LogP contribution in [-0.4, -0.2) is 43.1 Å². The standard InChI is InChI=1S/C16H26N2S/c1-4-17-16-14-8-6-5-7-13(14)9-10-15(16)19-12-11-18(2)3/h5-8,15-17H,4,9-12H2,1-3H3. The highest BCUT2D eigenvalue weighted by Gasteiger charge is 2.28. The zero-order valence-corrected chi connectivity index (χ0v) is 13.2. The second-order valence-corrected chi connectivity index (χ2v) is 6.83. The van der Waals surface area contributed by atoms with E-state index in [1.165, 1.54) is 36.3 Å². The van der Waals surface area contributed by atoms with Crippen molar-refractivity contribution in [3.63, 3.8) is 0 Å². The monoisotopic (exact) mass is 278 g/mol. The first-order valence-electron chi connectivity index (χ1n) is 7.30. The third-order valence-corrected chi connectivity index (χ3v) is 5.11. The SMILES string of the molecule is CCNC1c2ccccc2CCC1SCCN(C)C. The van der Waals surface area contributed by atoms with Crippen molar-refractivity contribution in [2.45, 2.75) is 31.1 Å². The third-order valence-electron chi connectivity index (χ3n) is 3.75. The minimum atomic E-state index is 0.530. The molecule has 2 nitrogen and oxygen atoms in total. The lowest BCUT2D eigenvalue weighted by Crippen LogP contribution is -2.35. The largest absolute Gasteiger partial charge is 0.309 e. The van der Waals surface area contributed by atoms with Gasteiger partial charge in [-0.25, -0.2) is 0 Å². The highest BCUT2D eigenvalue weighted by molar-refractivity contribution is 7.99. The molecule has 2 unspecified atom stereocenters. The zero-order chi connectivity index (χ0) is 13.7. The number of hydrogen-bond acceptors (Lipinski definition) is 3. The van der Waals surface area contributed by atoms with Crippen molar-refractivity contribution in [1.82, 2.24) is 10.2 Å². The van der Waals surface area contributed by atoms with Gasteiger partial charge in [0.25, 0.3) is 0 Å². The van der Waals surface area contributed by atoms with E-state index in [2.05, 4.69) is 67.3 Å². The van der Waals surface area contributed by atoms with Gasteiger partial charge >= 0.3 is 0 Å². The number of thioether (sulfide) groups is 1. The van der Waals surface area contributed by atoms with Crippen molar-refractivity contribution in [1.29, 1.82) is 0 Å². The Morgan fingerprint density at radius 3 is 2.84 bits per heavy atom. The molecule has 0 saturated heterocycles. The van der Waals surface area contributed by atoms with Gasteiger partial charge in [-0.1, -0.05) is 31.2 Å². The van der Waals surface area contributed by atoms with Crippen LogP contribution in [0.25, 0.3) is 0 Å². The van der Waals surface area contributed by atoms with Crippen LogP contribution < -0.4 is 5.32 Å². The fourth-order valence-corrected chi connectivity index (χ4v) is 4.25. The van der Waals surface area contributed by atoms with Gasteiger partial charge in [-0.3, -0.25) is 0 Å². The molecule has 0 fully saturated rings. The summed E-state index contributed by atoms with van der Waals surface area (Å²) in [4.78, 5) is 2.27. The molecule has 2 rings (SSSR count). The highest BCUT2D eigenvalue weighted by atomic mass is 32.2. The molecule has 2 atom stereocenters. The van der Waals surface area contributed by atoms with Crippen LogP contribution in [0.2, 0.25) is 0 Å². The Morgan fingerprint density at radius 2 is 2.11 bits per heavy atom. The maximum atomic E-state index is 3.69. The summed E-state index contributed by atoms with van der Waals surface area (Å²) in [5.74, 6) is 1.22. The molecule has 1 aromatic carbocycles. The van der Waals surface area contributed by atoms with Gasteiger partial charge in [0.2, 0.25) is 0 Å². The minimum Gasteiger partial charge on any atom is -0.309 e. The summed E-state index contributed by atoms with van der Waals surface area (Å²) < 4.78 is 0. The minimum absolute atomic E-state index is 0.530. The van der Waals surface area contributed by atoms with Crippen molar-refractivity contribution >= 4 is 11.8 Å². The molecule has 1 aliphatic carbocycles. The lowest BCUT2D eigenvalue weighted by molar-refractivity contribution is 0.435. The molecule has 0 spiro atoms. The number of nitrogens with zero attached hydrogens (tertiary/aromatic N) is 1. The fraction of sp³-hybridized carbons (Fsp3) is 0.625. The molecular weight excluding hydrogens is 252 g/mol. The number of fused-ring (bicyclic) bond motifs is 1. The quantitative estimate of drug-likeness (QED) is 0.861. The van der Waals surface area contributed by atoms with Gasteiger partial charge in [-0.2, -0.15) is 11.8 Å². The first-order valence-corrected chi connectivity index (χ1v) is 8.34. The van der Waals surface area contributed by atoms with Crippen LogP contribution in [0, 0.1) is 0 Å². The molecule has 1 aromatic rings. The van der Waals surface area contributed by atoms with Crippen LogP contribution in [0.5, 0.6) is 0 Å². The molecule has 1 aliphatic rings. The third kappa shape index (κ3) is 3.98. The van der Waals surface area contributed by atoms with Crippen molar-refractivity contribution in [3.8, 4) is 0 Å². The number of nitrogens with one attached hydrogen (secondary N) is 1. The topological polar surface area (TPSA) is 15.3 Å². The predicted molar refractivity (Wildman–Crippen MR) is 86.0 cm³/mol. The van der Waals surface area contributed by atoms with Crippen molar-refractivity contribution in [2.75, 3.05) is 32.9 Å². The number of hydrogen-bond donors (Lipinski definition) is 1. The molecule has 1 N–H and O–H groups in total. The van der Waals surface area contributed by atoms with Gasteiger partial charge in [0.15, 0.2) is 0 Å². The van der Waals surface area contributed by atoms with E-state index in [9.17, 15) is 0 Å². The number of aryl methyl sites for hydroxylation is 1. The molecule has 0 aromatic heterocycles. The van der Waals surface area contributed by atoms with Crippen molar-refractivity contribution in [2.24, 2.45) is 0 Å². The first-order chi connectivity index (χ1) is 9.22. The summed E-state index contributed by atoms with van der Waals surface area (Å²) in [5, 5.41) is 4.41. The van der Waals surface area contributed by atoms with Gasteiger partial charge in [-0.05, 0) is 44.6 Å². The van der Waals surface area contributed by atoms with Gasteiger partial charge < -0.3 is 10.2 Å². The van der Waals surface area contributed by atoms with Gasteiger partial charge in [0.1, 0.15) is 0 Å². The lowest BCUT2D eigenvalue weighted by Gasteiger charge is -2.34. The number of rotatable bonds is 6. The van der Waals surface area contributed by atoms with Crippen LogP contribution in [0.15, 0.2) is 24.3 Å². The van der Waals surface area contributed by atoms with E-state index in [-0.39, 0.29) is 0 Å².